The van der Waals surface area contributed by atoms with Crippen LogP contribution in [0.3, 0.4) is 0 Å². The van der Waals surface area contributed by atoms with Gasteiger partial charge in [0.25, 0.3) is 15.9 Å². The maximum atomic E-state index is 13.1. The number of nitrogens with zero attached hydrogens (tertiary/aromatic N) is 1. The van der Waals surface area contributed by atoms with E-state index in [0.29, 0.717) is 5.69 Å². The summed E-state index contributed by atoms with van der Waals surface area (Å²) in [5.41, 5.74) is 7.42. The number of amides is 1. The molecule has 0 unspecified atom stereocenters. The normalized spacial score (nSPS) is 11.6. The smallest absolute Gasteiger partial charge is 0.284 e. The first-order valence-electron chi connectivity index (χ1n) is 11.9. The Bertz CT molecular complexity index is 1880. The highest BCUT2D eigenvalue weighted by atomic mass is 32.2. The molecule has 2 aromatic heterocycles. The van der Waals surface area contributed by atoms with Crippen LogP contribution in [0.2, 0.25) is 0 Å². The zero-order chi connectivity index (χ0) is 26.1. The highest BCUT2D eigenvalue weighted by molar-refractivity contribution is 7.89. The zero-order valence-electron chi connectivity index (χ0n) is 20.0. The molecule has 186 valence electrons. The Balaban J connectivity index is 1.30. The summed E-state index contributed by atoms with van der Waals surface area (Å²) in [5, 5.41) is 1.76. The van der Waals surface area contributed by atoms with Crippen molar-refractivity contribution in [1.29, 1.82) is 0 Å². The fourth-order valence-electron chi connectivity index (χ4n) is 4.46. The van der Waals surface area contributed by atoms with Gasteiger partial charge >= 0.3 is 0 Å². The number of para-hydroxylation sites is 1. The number of hydrazine groups is 1. The number of nitrogens with one attached hydrogen (secondary N) is 3. The number of carbonyl (C=O) groups excluding carboxylic acids is 1. The average molecular weight is 519 g/mol. The zero-order valence-corrected chi connectivity index (χ0v) is 20.9. The molecule has 0 saturated carbocycles. The van der Waals surface area contributed by atoms with Crippen LogP contribution in [-0.4, -0.2) is 24.3 Å². The fourth-order valence-corrected chi connectivity index (χ4v) is 5.30. The van der Waals surface area contributed by atoms with E-state index in [0.717, 1.165) is 38.5 Å². The van der Waals surface area contributed by atoms with Crippen LogP contribution < -0.4 is 10.3 Å². The Morgan fingerprint density at radius 3 is 2.00 bits per heavy atom. The van der Waals surface area contributed by atoms with Crippen molar-refractivity contribution in [2.45, 2.75) is 4.90 Å². The molecule has 0 saturated heterocycles. The topological polar surface area (TPSA) is 104 Å². The molecule has 6 rings (SSSR count). The van der Waals surface area contributed by atoms with Gasteiger partial charge in [0.05, 0.1) is 16.1 Å². The maximum absolute atomic E-state index is 13.1. The predicted octanol–water partition coefficient (Wildman–Crippen LogP) is 5.67. The Kier molecular flexibility index (Phi) is 5.95. The van der Waals surface area contributed by atoms with Crippen molar-refractivity contribution in [2.24, 2.45) is 0 Å². The van der Waals surface area contributed by atoms with Gasteiger partial charge in [-0.1, -0.05) is 91.0 Å². The van der Waals surface area contributed by atoms with E-state index >= 15 is 0 Å². The summed E-state index contributed by atoms with van der Waals surface area (Å²) in [4.78, 5) is 23.4. The summed E-state index contributed by atoms with van der Waals surface area (Å²) in [6.45, 7) is 0. The van der Waals surface area contributed by atoms with Crippen molar-refractivity contribution in [3.05, 3.63) is 121 Å². The summed E-state index contributed by atoms with van der Waals surface area (Å²) in [6.07, 6.45) is 0. The lowest BCUT2D eigenvalue weighted by atomic mass is 10.1. The number of H-pyrrole nitrogens is 1. The summed E-state index contributed by atoms with van der Waals surface area (Å²) in [7, 11) is -4.01. The molecule has 4 aromatic carbocycles. The molecule has 7 nitrogen and oxygen atoms in total. The van der Waals surface area contributed by atoms with Crippen LogP contribution in [-0.2, 0) is 10.0 Å². The number of carbonyl (C=O) groups is 1. The Labute approximate surface area is 219 Å². The SMILES string of the molecule is O=C(NNS(=O)(=O)c1ccc(-c2ccccc2)cc1)c1cc2c([nH]c3ccccc32)c(-c2ccccc2)n1. The van der Waals surface area contributed by atoms with Gasteiger partial charge in [0.1, 0.15) is 5.69 Å². The van der Waals surface area contributed by atoms with E-state index in [1.165, 1.54) is 12.1 Å². The van der Waals surface area contributed by atoms with Crippen LogP contribution in [0.4, 0.5) is 0 Å². The average Bonchev–Trinajstić information content (AvgIpc) is 3.35. The molecular formula is C30H22N4O3S. The second-order valence-corrected chi connectivity index (χ2v) is 10.4. The van der Waals surface area contributed by atoms with Crippen LogP contribution in [0.15, 0.2) is 120 Å². The minimum absolute atomic E-state index is 0.0301. The molecule has 38 heavy (non-hydrogen) atoms. The van der Waals surface area contributed by atoms with Gasteiger partial charge in [-0.05, 0) is 35.4 Å². The summed E-state index contributed by atoms with van der Waals surface area (Å²) >= 11 is 0. The number of aromatic nitrogens is 2. The Morgan fingerprint density at radius 2 is 1.29 bits per heavy atom. The van der Waals surface area contributed by atoms with Crippen LogP contribution in [0.25, 0.3) is 44.2 Å². The third kappa shape index (κ3) is 4.43. The highest BCUT2D eigenvalue weighted by Crippen LogP contribution is 2.32. The number of fused-ring (bicyclic) bond motifs is 3. The predicted molar refractivity (Wildman–Crippen MR) is 149 cm³/mol. The van der Waals surface area contributed by atoms with Crippen LogP contribution in [0.5, 0.6) is 0 Å². The van der Waals surface area contributed by atoms with Crippen molar-refractivity contribution < 1.29 is 13.2 Å². The standard InChI is InChI=1S/C30H22N4O3S/c35-30(33-34-38(36,37)23-17-15-21(16-18-23)20-9-3-1-4-10-20)27-19-25-24-13-7-8-14-26(24)31-29(25)28(32-27)22-11-5-2-6-12-22/h1-19,31,34H,(H,33,35). The molecule has 2 heterocycles. The molecule has 6 aromatic rings. The number of sulfonamides is 1. The first-order valence-corrected chi connectivity index (χ1v) is 13.4. The first-order chi connectivity index (χ1) is 18.5. The number of aromatic amines is 1. The van der Waals surface area contributed by atoms with E-state index in [1.807, 2.05) is 84.9 Å². The van der Waals surface area contributed by atoms with E-state index in [-0.39, 0.29) is 10.6 Å². The molecule has 1 amide bonds. The number of benzene rings is 4. The van der Waals surface area contributed by atoms with Gasteiger partial charge in [0, 0.05) is 21.9 Å². The van der Waals surface area contributed by atoms with E-state index < -0.39 is 15.9 Å². The second kappa shape index (κ2) is 9.59. The van der Waals surface area contributed by atoms with Gasteiger partial charge in [-0.15, -0.1) is 4.83 Å². The van der Waals surface area contributed by atoms with Crippen LogP contribution >= 0.6 is 0 Å². The van der Waals surface area contributed by atoms with Gasteiger partial charge < -0.3 is 4.98 Å². The summed E-state index contributed by atoms with van der Waals surface area (Å²) in [5.74, 6) is -0.668. The maximum Gasteiger partial charge on any atom is 0.284 e. The molecule has 0 aliphatic rings. The number of hydrogen-bond acceptors (Lipinski definition) is 4. The molecule has 0 spiro atoms. The lowest BCUT2D eigenvalue weighted by Gasteiger charge is -2.11. The summed E-state index contributed by atoms with van der Waals surface area (Å²) in [6, 6.07) is 35.1. The largest absolute Gasteiger partial charge is 0.353 e. The molecule has 3 N–H and O–H groups in total. The number of rotatable bonds is 6. The van der Waals surface area contributed by atoms with E-state index in [1.54, 1.807) is 18.2 Å². The minimum atomic E-state index is -4.01. The number of hydrogen-bond donors (Lipinski definition) is 3. The molecule has 0 atom stereocenters. The van der Waals surface area contributed by atoms with E-state index in [4.69, 9.17) is 0 Å². The molecule has 0 aliphatic carbocycles. The van der Waals surface area contributed by atoms with Crippen molar-refractivity contribution in [3.8, 4) is 22.4 Å². The minimum Gasteiger partial charge on any atom is -0.353 e. The highest BCUT2D eigenvalue weighted by Gasteiger charge is 2.20. The molecular weight excluding hydrogens is 496 g/mol. The van der Waals surface area contributed by atoms with Crippen molar-refractivity contribution in [2.75, 3.05) is 0 Å². The Hall–Kier alpha value is -4.79. The molecule has 8 heteroatoms. The van der Waals surface area contributed by atoms with E-state index in [9.17, 15) is 13.2 Å². The Morgan fingerprint density at radius 1 is 0.684 bits per heavy atom. The van der Waals surface area contributed by atoms with Crippen LogP contribution in [0, 0.1) is 0 Å². The molecule has 0 bridgehead atoms. The first kappa shape index (κ1) is 23.6. The van der Waals surface area contributed by atoms with Gasteiger partial charge in [-0.2, -0.15) is 0 Å². The number of pyridine rings is 1. The van der Waals surface area contributed by atoms with E-state index in [2.05, 4.69) is 20.2 Å². The third-order valence-corrected chi connectivity index (χ3v) is 7.61. The van der Waals surface area contributed by atoms with Gasteiger partial charge in [-0.3, -0.25) is 10.2 Å². The lowest BCUT2D eigenvalue weighted by Crippen LogP contribution is -2.41. The molecule has 0 radical (unpaired) electrons. The second-order valence-electron chi connectivity index (χ2n) is 8.77. The monoisotopic (exact) mass is 518 g/mol. The van der Waals surface area contributed by atoms with Gasteiger partial charge in [0.15, 0.2) is 0 Å². The van der Waals surface area contributed by atoms with Crippen LogP contribution in [0.1, 0.15) is 10.5 Å². The molecule has 0 aliphatic heterocycles. The summed E-state index contributed by atoms with van der Waals surface area (Å²) < 4.78 is 25.8. The lowest BCUT2D eigenvalue weighted by molar-refractivity contribution is 0.0940. The van der Waals surface area contributed by atoms with Crippen molar-refractivity contribution in [3.63, 3.8) is 0 Å². The van der Waals surface area contributed by atoms with Gasteiger partial charge in [-0.25, -0.2) is 13.4 Å². The fraction of sp³-hybridized carbons (Fsp3) is 0. The van der Waals surface area contributed by atoms with Crippen molar-refractivity contribution >= 4 is 37.7 Å². The molecule has 0 fully saturated rings. The third-order valence-electron chi connectivity index (χ3n) is 6.35. The quantitative estimate of drug-likeness (QED) is 0.247. The van der Waals surface area contributed by atoms with Crippen molar-refractivity contribution in [1.82, 2.24) is 20.2 Å². The van der Waals surface area contributed by atoms with Gasteiger partial charge in [0.2, 0.25) is 0 Å².